The van der Waals surface area contributed by atoms with E-state index in [1.54, 1.807) is 0 Å². The number of hydrogen-bond acceptors (Lipinski definition) is 3. The van der Waals surface area contributed by atoms with Crippen molar-refractivity contribution in [3.05, 3.63) is 0 Å². The second kappa shape index (κ2) is 6.76. The topological polar surface area (TPSA) is 78.9 Å². The lowest BCUT2D eigenvalue weighted by atomic mass is 10.1. The normalized spacial score (nSPS) is 15.9. The van der Waals surface area contributed by atoms with Crippen LogP contribution in [0.1, 0.15) is 12.8 Å². The van der Waals surface area contributed by atoms with E-state index in [2.05, 4.69) is 11.2 Å². The molecule has 0 spiro atoms. The Labute approximate surface area is 99.9 Å². The van der Waals surface area contributed by atoms with E-state index in [1.807, 2.05) is 0 Å². The van der Waals surface area contributed by atoms with Crippen molar-refractivity contribution in [2.45, 2.75) is 18.9 Å². The van der Waals surface area contributed by atoms with E-state index in [9.17, 15) is 9.59 Å². The van der Waals surface area contributed by atoms with Gasteiger partial charge in [0.1, 0.15) is 6.54 Å². The number of ether oxygens (including phenoxy) is 1. The van der Waals surface area contributed by atoms with Gasteiger partial charge in [0.05, 0.1) is 6.54 Å². The van der Waals surface area contributed by atoms with Crippen LogP contribution in [0.2, 0.25) is 0 Å². The molecule has 0 aliphatic carbocycles. The molecule has 6 heteroatoms. The van der Waals surface area contributed by atoms with Crippen molar-refractivity contribution in [1.82, 2.24) is 10.2 Å². The van der Waals surface area contributed by atoms with Gasteiger partial charge < -0.3 is 20.1 Å². The number of aliphatic carboxylic acids is 1. The van der Waals surface area contributed by atoms with E-state index >= 15 is 0 Å². The third-order valence-corrected chi connectivity index (χ3v) is 2.44. The Kier molecular flexibility index (Phi) is 5.30. The van der Waals surface area contributed by atoms with E-state index < -0.39 is 12.0 Å². The van der Waals surface area contributed by atoms with Gasteiger partial charge in [-0.15, -0.1) is 6.42 Å². The van der Waals surface area contributed by atoms with Gasteiger partial charge in [-0.2, -0.15) is 0 Å². The van der Waals surface area contributed by atoms with Crippen LogP contribution in [0, 0.1) is 12.3 Å². The number of urea groups is 1. The molecule has 0 aromatic rings. The van der Waals surface area contributed by atoms with Crippen LogP contribution in [0.15, 0.2) is 0 Å². The molecule has 1 rings (SSSR count). The zero-order valence-electron chi connectivity index (χ0n) is 9.52. The number of carbonyl (C=O) groups excluding carboxylic acids is 1. The first-order chi connectivity index (χ1) is 8.13. The summed E-state index contributed by atoms with van der Waals surface area (Å²) in [6.45, 7) is 0.818. The van der Waals surface area contributed by atoms with Crippen LogP contribution in [0.4, 0.5) is 4.79 Å². The second-order valence-corrected chi connectivity index (χ2v) is 3.79. The molecule has 6 nitrogen and oxygen atoms in total. The highest BCUT2D eigenvalue weighted by atomic mass is 16.5. The van der Waals surface area contributed by atoms with Crippen molar-refractivity contribution >= 4 is 12.0 Å². The lowest BCUT2D eigenvalue weighted by molar-refractivity contribution is -0.137. The molecule has 1 fully saturated rings. The van der Waals surface area contributed by atoms with Crippen LogP contribution in [0.5, 0.6) is 0 Å². The lowest BCUT2D eigenvalue weighted by Crippen LogP contribution is -2.48. The van der Waals surface area contributed by atoms with Crippen LogP contribution in [-0.2, 0) is 9.53 Å². The molecule has 2 amide bonds. The van der Waals surface area contributed by atoms with Gasteiger partial charge in [0, 0.05) is 19.3 Å². The molecule has 0 radical (unpaired) electrons. The largest absolute Gasteiger partial charge is 0.480 e. The monoisotopic (exact) mass is 240 g/mol. The number of nitrogens with zero attached hydrogens (tertiary/aromatic N) is 1. The molecule has 0 aromatic heterocycles. The van der Waals surface area contributed by atoms with Gasteiger partial charge in [-0.05, 0) is 12.8 Å². The van der Waals surface area contributed by atoms with Crippen molar-refractivity contribution in [3.63, 3.8) is 0 Å². The van der Waals surface area contributed by atoms with E-state index in [-0.39, 0.29) is 19.1 Å². The van der Waals surface area contributed by atoms with E-state index in [4.69, 9.17) is 16.3 Å². The van der Waals surface area contributed by atoms with Gasteiger partial charge in [0.2, 0.25) is 0 Å². The van der Waals surface area contributed by atoms with E-state index in [0.717, 1.165) is 17.7 Å². The van der Waals surface area contributed by atoms with E-state index in [0.29, 0.717) is 13.2 Å². The number of amides is 2. The quantitative estimate of drug-likeness (QED) is 0.672. The highest BCUT2D eigenvalue weighted by molar-refractivity contribution is 5.80. The zero-order valence-corrected chi connectivity index (χ0v) is 9.52. The van der Waals surface area contributed by atoms with Gasteiger partial charge in [-0.25, -0.2) is 4.79 Å². The molecule has 1 heterocycles. The van der Waals surface area contributed by atoms with Crippen LogP contribution in [-0.4, -0.2) is 54.4 Å². The summed E-state index contributed by atoms with van der Waals surface area (Å²) in [5, 5.41) is 11.4. The maximum atomic E-state index is 11.8. The van der Waals surface area contributed by atoms with Crippen molar-refractivity contribution < 1.29 is 19.4 Å². The fraction of sp³-hybridized carbons (Fsp3) is 0.636. The first kappa shape index (κ1) is 13.3. The fourth-order valence-corrected chi connectivity index (χ4v) is 1.58. The molecular weight excluding hydrogens is 224 g/mol. The maximum Gasteiger partial charge on any atom is 0.323 e. The Hall–Kier alpha value is -1.74. The van der Waals surface area contributed by atoms with Crippen LogP contribution in [0.25, 0.3) is 0 Å². The molecule has 94 valence electrons. The smallest absolute Gasteiger partial charge is 0.323 e. The highest BCUT2D eigenvalue weighted by Gasteiger charge is 2.20. The van der Waals surface area contributed by atoms with E-state index in [1.165, 1.54) is 0 Å². The average Bonchev–Trinajstić information content (AvgIpc) is 2.29. The summed E-state index contributed by atoms with van der Waals surface area (Å²) in [6.07, 6.45) is 6.57. The number of nitrogens with one attached hydrogen (secondary N) is 1. The zero-order chi connectivity index (χ0) is 12.7. The van der Waals surface area contributed by atoms with Crippen molar-refractivity contribution in [2.24, 2.45) is 0 Å². The number of hydrogen-bond donors (Lipinski definition) is 2. The summed E-state index contributed by atoms with van der Waals surface area (Å²) in [5.74, 6) is 1.19. The SMILES string of the molecule is C#CCN(CC(=O)O)C(=O)NC1CCOCC1. The fourth-order valence-electron chi connectivity index (χ4n) is 1.58. The molecule has 17 heavy (non-hydrogen) atoms. The molecular formula is C11H16N2O4. The van der Waals surface area contributed by atoms with Gasteiger partial charge >= 0.3 is 12.0 Å². The summed E-state index contributed by atoms with van der Waals surface area (Å²) in [5.41, 5.74) is 0. The Balaban J connectivity index is 2.46. The standard InChI is InChI=1S/C11H16N2O4/c1-2-5-13(8-10(14)15)11(16)12-9-3-6-17-7-4-9/h1,9H,3-8H2,(H,12,16)(H,14,15). The molecule has 0 saturated carbocycles. The predicted octanol–water partition coefficient (Wildman–Crippen LogP) is -0.105. The van der Waals surface area contributed by atoms with Crippen molar-refractivity contribution in [3.8, 4) is 12.3 Å². The average molecular weight is 240 g/mol. The first-order valence-electron chi connectivity index (χ1n) is 5.42. The van der Waals surface area contributed by atoms with Gasteiger partial charge in [0.15, 0.2) is 0 Å². The number of carboxylic acids is 1. The molecule has 0 bridgehead atoms. The number of terminal acetylenes is 1. The van der Waals surface area contributed by atoms with Crippen LogP contribution >= 0.6 is 0 Å². The highest BCUT2D eigenvalue weighted by Crippen LogP contribution is 2.06. The third kappa shape index (κ3) is 4.74. The third-order valence-electron chi connectivity index (χ3n) is 2.44. The molecule has 1 saturated heterocycles. The molecule has 0 atom stereocenters. The van der Waals surface area contributed by atoms with Gasteiger partial charge in [-0.1, -0.05) is 5.92 Å². The molecule has 1 aliphatic rings. The van der Waals surface area contributed by atoms with Gasteiger partial charge in [-0.3, -0.25) is 4.79 Å². The minimum atomic E-state index is -1.08. The summed E-state index contributed by atoms with van der Waals surface area (Å²) in [7, 11) is 0. The predicted molar refractivity (Wildman–Crippen MR) is 60.4 cm³/mol. The molecule has 0 aromatic carbocycles. The second-order valence-electron chi connectivity index (χ2n) is 3.79. The first-order valence-corrected chi connectivity index (χ1v) is 5.42. The Morgan fingerprint density at radius 1 is 1.47 bits per heavy atom. The minimum absolute atomic E-state index is 0.0125. The lowest BCUT2D eigenvalue weighted by Gasteiger charge is -2.26. The summed E-state index contributed by atoms with van der Waals surface area (Å²) < 4.78 is 5.16. The molecule has 1 aliphatic heterocycles. The summed E-state index contributed by atoms with van der Waals surface area (Å²) >= 11 is 0. The van der Waals surface area contributed by atoms with Crippen molar-refractivity contribution in [2.75, 3.05) is 26.3 Å². The number of carboxylic acid groups (broad SMARTS) is 1. The Morgan fingerprint density at radius 3 is 2.65 bits per heavy atom. The summed E-state index contributed by atoms with van der Waals surface area (Å²) in [4.78, 5) is 23.4. The molecule has 0 unspecified atom stereocenters. The van der Waals surface area contributed by atoms with Crippen molar-refractivity contribution in [1.29, 1.82) is 0 Å². The molecule has 2 N–H and O–H groups in total. The van der Waals surface area contributed by atoms with Gasteiger partial charge in [0.25, 0.3) is 0 Å². The Morgan fingerprint density at radius 2 is 2.12 bits per heavy atom. The minimum Gasteiger partial charge on any atom is -0.480 e. The number of carbonyl (C=O) groups is 2. The summed E-state index contributed by atoms with van der Waals surface area (Å²) in [6, 6.07) is -0.400. The Bertz CT molecular complexity index is 318. The van der Waals surface area contributed by atoms with Crippen LogP contribution < -0.4 is 5.32 Å². The van der Waals surface area contributed by atoms with Crippen LogP contribution in [0.3, 0.4) is 0 Å². The number of rotatable bonds is 4. The maximum absolute atomic E-state index is 11.8.